The van der Waals surface area contributed by atoms with Crippen molar-refractivity contribution in [3.63, 3.8) is 0 Å². The van der Waals surface area contributed by atoms with E-state index in [1.165, 1.54) is 80.7 Å². The van der Waals surface area contributed by atoms with Crippen LogP contribution in [0.2, 0.25) is 0 Å². The number of aryl methyl sites for hydroxylation is 2. The van der Waals surface area contributed by atoms with Gasteiger partial charge in [0.2, 0.25) is 5.82 Å². The van der Waals surface area contributed by atoms with Gasteiger partial charge < -0.3 is 32.6 Å². The Hall–Kier alpha value is -8.12. The van der Waals surface area contributed by atoms with E-state index in [0.717, 1.165) is 35.8 Å². The van der Waals surface area contributed by atoms with E-state index in [1.54, 1.807) is 78.9 Å². The summed E-state index contributed by atoms with van der Waals surface area (Å²) in [4.78, 5) is 8.67. The van der Waals surface area contributed by atoms with Crippen molar-refractivity contribution in [1.82, 2.24) is 0 Å². The molecule has 0 heterocycles. The van der Waals surface area contributed by atoms with Crippen LogP contribution in [0.4, 0.5) is 47.1 Å². The van der Waals surface area contributed by atoms with E-state index >= 15 is 0 Å². The third-order valence-electron chi connectivity index (χ3n) is 15.8. The first-order chi connectivity index (χ1) is 56.8. The zero-order valence-corrected chi connectivity index (χ0v) is 76.6. The van der Waals surface area contributed by atoms with Gasteiger partial charge in [0.1, 0.15) is 67.0 Å². The van der Waals surface area contributed by atoms with Crippen LogP contribution in [0, 0.1) is 77.7 Å². The molecule has 686 valence electrons. The maximum absolute atomic E-state index is 12.6. The fourth-order valence-electron chi connectivity index (χ4n) is 9.00. The summed E-state index contributed by atoms with van der Waals surface area (Å²) in [5.74, 6) is -14.2. The van der Waals surface area contributed by atoms with Gasteiger partial charge in [-0.1, -0.05) is 204 Å². The first-order valence-corrected chi connectivity index (χ1v) is 50.0. The molecule has 47 heteroatoms. The normalized spacial score (nSPS) is 12.2. The predicted molar refractivity (Wildman–Crippen MR) is 398 cm³/mol. The topological polar surface area (TPSA) is 517 Å². The zero-order valence-electron chi connectivity index (χ0n) is 65.8. The summed E-state index contributed by atoms with van der Waals surface area (Å²) in [6.07, 6.45) is 2.35. The maximum atomic E-state index is 12.6. The number of hydrogen-bond donors (Lipinski definition) is 1. The number of rotatable bonds is 16. The Morgan fingerprint density at radius 1 is 0.400 bits per heavy atom. The van der Waals surface area contributed by atoms with Crippen molar-refractivity contribution < 1.29 is 227 Å². The molecule has 26 nitrogen and oxygen atoms in total. The molecule has 0 aromatic heterocycles. The van der Waals surface area contributed by atoms with Crippen molar-refractivity contribution in [2.45, 2.75) is 104 Å². The zero-order chi connectivity index (χ0) is 96.2. The van der Waals surface area contributed by atoms with Crippen LogP contribution in [0.1, 0.15) is 92.6 Å². The summed E-state index contributed by atoms with van der Waals surface area (Å²) in [5.41, 5.74) is 5.30. The first kappa shape index (κ1) is 113. The van der Waals surface area contributed by atoms with Gasteiger partial charge in [-0.2, -0.15) is 0 Å². The number of phenols is 1. The van der Waals surface area contributed by atoms with Crippen molar-refractivity contribution in [3.8, 4) is 11.5 Å². The molecule has 0 radical (unpaired) electrons. The van der Waals surface area contributed by atoms with Gasteiger partial charge in [-0.3, -0.25) is 4.79 Å². The molecule has 0 aliphatic rings. The molecular formula is C78H72Cl2F11I2O26PS5-6. The molecule has 0 bridgehead atoms. The largest absolute Gasteiger partial charge is 0.744 e. The van der Waals surface area contributed by atoms with Crippen LogP contribution >= 0.6 is 7.81 Å². The second-order valence-corrected chi connectivity index (χ2v) is 42.2. The molecule has 0 saturated heterocycles. The Morgan fingerprint density at radius 3 is 1.00 bits per heavy atom. The SMILES string of the molecule is CCC(C)(C)c1ccc([I+]c2ccc(C(C)(C)CC)cc2)cc1.COc1cc(O)c(C(=O)c2ccccc2)cc1S(=O)(=O)[O-].Cc1ccc(S(=O)(=O)[O-])cc1.Cc1ccc(S(=O)(=O)[O-])cc1.F[P-](F)(F)(F)(F)F.O=S(=O)([O-])c1c(F)c(F)c(F)c(F)c1F.O=S(=O)([O-])c1cccc2ccccc12.[O-][Cl+3]([O-])([O-])[O-].[O-][Cl+3]([O-])([O-])[O-].c1ccc([I+]c2ccccc2)cc1. The van der Waals surface area contributed by atoms with Crippen LogP contribution in [0.15, 0.2) is 267 Å². The van der Waals surface area contributed by atoms with E-state index < -0.39 is 129 Å². The molecule has 0 atom stereocenters. The molecule has 11 aromatic rings. The molecule has 0 amide bonds. The summed E-state index contributed by atoms with van der Waals surface area (Å²) in [7, 11) is -42.9. The third kappa shape index (κ3) is 44.9. The van der Waals surface area contributed by atoms with E-state index in [-0.39, 0.29) is 84.8 Å². The average Bonchev–Trinajstić information content (AvgIpc) is 0.753. The minimum atomic E-state index is -10.7. The number of carbonyl (C=O) groups excluding carboxylic acids is 1. The second-order valence-electron chi connectivity index (χ2n) is 26.0. The summed E-state index contributed by atoms with van der Waals surface area (Å²) >= 11 is -0.0506. The minimum absolute atomic E-state index is 0.0287. The van der Waals surface area contributed by atoms with Gasteiger partial charge in [0.25, 0.3) is 0 Å². The van der Waals surface area contributed by atoms with Crippen LogP contribution in [0.5, 0.6) is 11.5 Å². The second kappa shape index (κ2) is 46.7. The Morgan fingerprint density at radius 2 is 0.696 bits per heavy atom. The van der Waals surface area contributed by atoms with Gasteiger partial charge in [-0.25, -0.2) is 101 Å². The van der Waals surface area contributed by atoms with E-state index in [9.17, 15) is 122 Å². The number of ether oxygens (including phenoxy) is 1. The summed E-state index contributed by atoms with van der Waals surface area (Å²) < 4.78 is 359. The van der Waals surface area contributed by atoms with Crippen molar-refractivity contribution in [1.29, 1.82) is 0 Å². The quantitative estimate of drug-likeness (QED) is 0.0276. The molecule has 0 unspecified atom stereocenters. The molecule has 125 heavy (non-hydrogen) atoms. The number of phenolic OH excluding ortho intramolecular Hbond substituents is 1. The maximum Gasteiger partial charge on any atom is 0.357 e. The fourth-order valence-corrected chi connectivity index (χ4v) is 16.3. The summed E-state index contributed by atoms with van der Waals surface area (Å²) in [6.45, 7) is 17.5. The smallest absolute Gasteiger partial charge is 0.357 e. The molecule has 11 aromatic carbocycles. The minimum Gasteiger partial charge on any atom is -0.744 e. The average molecular weight is 2150 g/mol. The summed E-state index contributed by atoms with van der Waals surface area (Å²) in [6, 6.07) is 72.9. The van der Waals surface area contributed by atoms with E-state index in [1.807, 2.05) is 13.8 Å². The number of methoxy groups -OCH3 is 1. The molecule has 0 saturated carbocycles. The van der Waals surface area contributed by atoms with E-state index in [4.69, 9.17) is 42.0 Å². The van der Waals surface area contributed by atoms with Crippen LogP contribution in [0.3, 0.4) is 0 Å². The number of fused-ring (bicyclic) bond motifs is 1. The molecule has 0 fully saturated rings. The molecule has 0 aliphatic carbocycles. The number of hydrogen-bond acceptors (Lipinski definition) is 26. The van der Waals surface area contributed by atoms with Crippen molar-refractivity contribution >= 4 is 75.0 Å². The predicted octanol–water partition coefficient (Wildman–Crippen LogP) is 3.24. The number of ketones is 1. The van der Waals surface area contributed by atoms with Crippen LogP contribution in [-0.4, -0.2) is 82.9 Å². The standard InChI is InChI=1S/C22H30I.C14H12O6S.C12H10I.C10H8O3S.2C7H8O3S.C6HF5O3S.2ClHO4.F6P/c1-7-21(3,4)17-9-13-19(14-10-17)23-20-15-11-18(12-16-20)22(5,6)8-2;1-20-12-8-11(15)10(7-13(12)21(17,18)19)14(16)9-5-3-2-4-6-9;1-3-7-11(8-4-1)13-12-9-5-2-6-10-12;11-14(12,13)10-7-3-5-8-4-1-2-6-9(8)10;2*1-6-2-4-7(5-3-6)11(8,9)10;7-1-2(8)4(10)6(15(12,13)14)5(11)3(1)9;2*2-1(3,4)5;1-7(2,3,4,5)6/h9-16H,7-8H2,1-6H3;2-8,15H,1H3,(H,17,18,19);1-10H;1-7H,(H,11,12,13);2*2-5H,1H3,(H,8,9,10);(H,12,13,14);2*(H,2,3,4,5);/q+1;;+1;;;;;;;-1/p-7. The number of carbonyl (C=O) groups is 1. The number of benzene rings is 11. The van der Waals surface area contributed by atoms with Crippen molar-refractivity contribution in [3.05, 3.63) is 319 Å². The van der Waals surface area contributed by atoms with Crippen molar-refractivity contribution in [2.75, 3.05) is 7.11 Å². The first-order valence-electron chi connectivity index (χ1n) is 34.1. The van der Waals surface area contributed by atoms with Gasteiger partial charge in [-0.05, 0) is 144 Å². The fraction of sp³-hybridized carbons (Fsp3) is 0.167. The van der Waals surface area contributed by atoms with Gasteiger partial charge in [0.15, 0.2) is 43.3 Å². The molecule has 11 rings (SSSR count). The van der Waals surface area contributed by atoms with Crippen LogP contribution in [-0.2, 0) is 61.4 Å². The van der Waals surface area contributed by atoms with Gasteiger partial charge in [-0.15, -0.1) is 20.5 Å². The van der Waals surface area contributed by atoms with E-state index in [0.29, 0.717) is 5.39 Å². The van der Waals surface area contributed by atoms with Gasteiger partial charge in [0, 0.05) is 11.6 Å². The Labute approximate surface area is 737 Å². The van der Waals surface area contributed by atoms with Crippen LogP contribution < -0.4 is 84.4 Å². The van der Waals surface area contributed by atoms with E-state index in [2.05, 4.69) is 151 Å². The molecule has 0 spiro atoms. The number of halogens is 15. The Kier molecular flexibility index (Phi) is 42.2. The number of aromatic hydroxyl groups is 1. The Bertz CT molecular complexity index is 5740. The Balaban J connectivity index is 0.000000485. The molecule has 0 aliphatic heterocycles. The summed E-state index contributed by atoms with van der Waals surface area (Å²) in [5, 5.41) is 11.1. The van der Waals surface area contributed by atoms with Crippen molar-refractivity contribution in [2.24, 2.45) is 0 Å². The van der Waals surface area contributed by atoms with Crippen LogP contribution in [0.25, 0.3) is 10.8 Å². The molecular weight excluding hydrogens is 2080 g/mol. The van der Waals surface area contributed by atoms with Gasteiger partial charge in [0.05, 0.1) is 32.3 Å². The third-order valence-corrected chi connectivity index (χ3v) is 25.5. The molecule has 1 N–H and O–H groups in total. The van der Waals surface area contributed by atoms with Gasteiger partial charge >= 0.3 is 75.4 Å². The monoisotopic (exact) mass is 2150 g/mol.